The second kappa shape index (κ2) is 14.7. The molecule has 0 saturated heterocycles. The van der Waals surface area contributed by atoms with E-state index in [2.05, 4.69) is 4.98 Å². The summed E-state index contributed by atoms with van der Waals surface area (Å²) in [4.78, 5) is 6.73. The van der Waals surface area contributed by atoms with E-state index in [-0.39, 0.29) is 68.6 Å². The Bertz CT molecular complexity index is 1550. The second-order valence-electron chi connectivity index (χ2n) is 10.6. The Balaban J connectivity index is 1.75. The van der Waals surface area contributed by atoms with Crippen LogP contribution in [0.3, 0.4) is 0 Å². The third kappa shape index (κ3) is 8.61. The minimum atomic E-state index is -3.93. The number of hydrogen-bond donors (Lipinski definition) is 0. The molecule has 0 N–H and O–H groups in total. The molecule has 0 aliphatic carbocycles. The number of rotatable bonds is 10. The van der Waals surface area contributed by atoms with Crippen molar-refractivity contribution >= 4 is 27.6 Å². The first kappa shape index (κ1) is 34.4. The van der Waals surface area contributed by atoms with E-state index < -0.39 is 27.6 Å². The lowest BCUT2D eigenvalue weighted by atomic mass is 10.2. The molecule has 1 aliphatic heterocycles. The van der Waals surface area contributed by atoms with Crippen LogP contribution in [0.2, 0.25) is 0 Å². The van der Waals surface area contributed by atoms with Crippen molar-refractivity contribution in [3.8, 4) is 0 Å². The molecule has 0 unspecified atom stereocenters. The molecule has 0 fully saturated rings. The summed E-state index contributed by atoms with van der Waals surface area (Å²) in [7, 11) is -11.4. The van der Waals surface area contributed by atoms with Crippen molar-refractivity contribution in [2.24, 2.45) is 0 Å². The number of fused-ring (bicyclic) bond motifs is 2. The first-order valence-corrected chi connectivity index (χ1v) is 19.2. The molecule has 0 atom stereocenters. The van der Waals surface area contributed by atoms with Gasteiger partial charge in [0.1, 0.15) is 6.29 Å². The molecule has 2 heterocycles. The van der Waals surface area contributed by atoms with Crippen molar-refractivity contribution in [3.05, 3.63) is 89.2 Å². The zero-order valence-electron chi connectivity index (χ0n) is 25.6. The molecule has 14 heteroatoms. The van der Waals surface area contributed by atoms with Gasteiger partial charge in [0.15, 0.2) is 0 Å². The fraction of sp³-hybridized carbons (Fsp3) is 0.433. The second-order valence-corrected chi connectivity index (χ2v) is 16.5. The Kier molecular flexibility index (Phi) is 11.5. The minimum Gasteiger partial charge on any atom is -0.308 e. The maximum absolute atomic E-state index is 13.9. The molecular formula is C30H41N4O7PS2. The number of nitrogens with zero attached hydrogens (tertiary/aromatic N) is 4. The van der Waals surface area contributed by atoms with Crippen LogP contribution in [0.5, 0.6) is 0 Å². The topological polar surface area (TPSA) is 126 Å². The van der Waals surface area contributed by atoms with E-state index in [1.54, 1.807) is 85.5 Å². The fourth-order valence-electron chi connectivity index (χ4n) is 4.87. The minimum absolute atomic E-state index is 0.0306. The highest BCUT2D eigenvalue weighted by Gasteiger charge is 2.32. The number of aryl methyl sites for hydroxylation is 2. The van der Waals surface area contributed by atoms with Crippen LogP contribution in [-0.2, 0) is 46.7 Å². The summed E-state index contributed by atoms with van der Waals surface area (Å²) in [5.41, 5.74) is 2.83. The van der Waals surface area contributed by atoms with E-state index >= 15 is 0 Å². The summed E-state index contributed by atoms with van der Waals surface area (Å²) in [6, 6.07) is 18.5. The first-order valence-electron chi connectivity index (χ1n) is 14.6. The van der Waals surface area contributed by atoms with Crippen molar-refractivity contribution in [1.29, 1.82) is 0 Å². The maximum Gasteiger partial charge on any atom is 0.344 e. The van der Waals surface area contributed by atoms with Gasteiger partial charge in [-0.05, 0) is 64.1 Å². The third-order valence-corrected chi connectivity index (χ3v) is 13.0. The molecule has 0 radical (unpaired) electrons. The zero-order chi connectivity index (χ0) is 32.0. The van der Waals surface area contributed by atoms with Crippen LogP contribution in [0.15, 0.2) is 76.5 Å². The molecule has 4 rings (SSSR count). The van der Waals surface area contributed by atoms with Gasteiger partial charge in [-0.2, -0.15) is 8.61 Å². The van der Waals surface area contributed by atoms with Crippen molar-refractivity contribution in [3.63, 3.8) is 0 Å². The van der Waals surface area contributed by atoms with E-state index in [1.165, 1.54) is 8.61 Å². The number of sulfonamides is 2. The van der Waals surface area contributed by atoms with Crippen LogP contribution >= 0.6 is 7.60 Å². The number of pyridine rings is 1. The largest absolute Gasteiger partial charge is 0.344 e. The Morgan fingerprint density at radius 1 is 0.682 bits per heavy atom. The van der Waals surface area contributed by atoms with Crippen molar-refractivity contribution in [2.75, 3.05) is 45.7 Å². The van der Waals surface area contributed by atoms with Gasteiger partial charge >= 0.3 is 7.60 Å². The molecular weight excluding hydrogens is 623 g/mol. The zero-order valence-corrected chi connectivity index (χ0v) is 28.2. The summed E-state index contributed by atoms with van der Waals surface area (Å²) in [5, 5.41) is 0. The normalized spacial score (nSPS) is 16.7. The summed E-state index contributed by atoms with van der Waals surface area (Å²) >= 11 is 0. The van der Waals surface area contributed by atoms with Crippen LogP contribution in [0.25, 0.3) is 0 Å². The van der Waals surface area contributed by atoms with Gasteiger partial charge in [-0.1, -0.05) is 41.5 Å². The Hall–Kier alpha value is -2.48. The van der Waals surface area contributed by atoms with E-state index in [1.807, 2.05) is 13.8 Å². The Morgan fingerprint density at radius 2 is 1.09 bits per heavy atom. The van der Waals surface area contributed by atoms with Crippen LogP contribution < -0.4 is 0 Å². The van der Waals surface area contributed by atoms with E-state index in [9.17, 15) is 21.4 Å². The number of aromatic nitrogens is 1. The molecule has 1 aliphatic rings. The summed E-state index contributed by atoms with van der Waals surface area (Å²) in [6.45, 7) is 7.82. The third-order valence-electron chi connectivity index (χ3n) is 7.21. The molecule has 0 amide bonds. The lowest BCUT2D eigenvalue weighted by Gasteiger charge is -2.32. The first-order chi connectivity index (χ1) is 20.9. The van der Waals surface area contributed by atoms with Crippen LogP contribution in [0.4, 0.5) is 0 Å². The molecule has 2 bridgehead atoms. The molecule has 2 aromatic carbocycles. The molecule has 0 spiro atoms. The SMILES string of the molecule is CCOP(=O)(CN1CCN(S(=O)(=O)c2ccc(C)cc2)Cc2cccc(n2)CN(S(=O)(=O)c2ccc(C)cc2)CC1)OCC. The van der Waals surface area contributed by atoms with Crippen LogP contribution in [0, 0.1) is 13.8 Å². The Labute approximate surface area is 261 Å². The van der Waals surface area contributed by atoms with Gasteiger partial charge < -0.3 is 9.05 Å². The molecule has 44 heavy (non-hydrogen) atoms. The average Bonchev–Trinajstić information content (AvgIpc) is 2.97. The highest BCUT2D eigenvalue weighted by Crippen LogP contribution is 2.48. The fourth-order valence-corrected chi connectivity index (χ4v) is 9.47. The standard InChI is InChI=1S/C30H41N4O7PS2/c1-5-40-42(35,41-6-2)24-32-18-20-33(43(36,37)29-14-10-25(3)11-15-29)22-27-8-7-9-28(31-27)23-34(21-19-32)44(38,39)30-16-12-26(4)13-17-30/h7-17H,5-6,18-24H2,1-4H3. The van der Waals surface area contributed by atoms with Crippen LogP contribution in [-0.4, -0.2) is 81.0 Å². The molecule has 11 nitrogen and oxygen atoms in total. The number of benzene rings is 2. The van der Waals surface area contributed by atoms with Crippen molar-refractivity contribution < 1.29 is 30.4 Å². The lowest BCUT2D eigenvalue weighted by Crippen LogP contribution is -2.43. The lowest BCUT2D eigenvalue weighted by molar-refractivity contribution is 0.186. The van der Waals surface area contributed by atoms with Gasteiger partial charge in [-0.25, -0.2) is 16.8 Å². The van der Waals surface area contributed by atoms with E-state index in [0.29, 0.717) is 11.4 Å². The quantitative estimate of drug-likeness (QED) is 0.286. The monoisotopic (exact) mass is 664 g/mol. The summed E-state index contributed by atoms with van der Waals surface area (Å²) < 4.78 is 82.8. The number of hydrogen-bond acceptors (Lipinski definition) is 9. The predicted octanol–water partition coefficient (Wildman–Crippen LogP) is 4.62. The molecule has 1 aromatic heterocycles. The van der Waals surface area contributed by atoms with Gasteiger partial charge in [0.25, 0.3) is 0 Å². The van der Waals surface area contributed by atoms with Gasteiger partial charge in [0.2, 0.25) is 20.0 Å². The van der Waals surface area contributed by atoms with Crippen molar-refractivity contribution in [1.82, 2.24) is 18.5 Å². The maximum atomic E-state index is 13.9. The van der Waals surface area contributed by atoms with Crippen molar-refractivity contribution in [2.45, 2.75) is 50.6 Å². The predicted molar refractivity (Wildman–Crippen MR) is 169 cm³/mol. The van der Waals surface area contributed by atoms with Gasteiger partial charge in [-0.3, -0.25) is 14.4 Å². The van der Waals surface area contributed by atoms with E-state index in [4.69, 9.17) is 9.05 Å². The summed E-state index contributed by atoms with van der Waals surface area (Å²) in [5.74, 6) is 0. The van der Waals surface area contributed by atoms with Crippen LogP contribution in [0.1, 0.15) is 36.4 Å². The molecule has 0 saturated carbocycles. The van der Waals surface area contributed by atoms with Gasteiger partial charge in [-0.15, -0.1) is 0 Å². The van der Waals surface area contributed by atoms with E-state index in [0.717, 1.165) is 11.1 Å². The van der Waals surface area contributed by atoms with Gasteiger partial charge in [0, 0.05) is 26.2 Å². The molecule has 3 aromatic rings. The average molecular weight is 665 g/mol. The smallest absolute Gasteiger partial charge is 0.308 e. The molecule has 240 valence electrons. The highest BCUT2D eigenvalue weighted by atomic mass is 32.2. The highest BCUT2D eigenvalue weighted by molar-refractivity contribution is 7.89. The summed E-state index contributed by atoms with van der Waals surface area (Å²) in [6.07, 6.45) is -0.130. The Morgan fingerprint density at radius 3 is 1.48 bits per heavy atom. The van der Waals surface area contributed by atoms with Gasteiger partial charge in [0.05, 0.1) is 47.5 Å².